The smallest absolute Gasteiger partial charge is 0.237 e. The first-order valence-corrected chi connectivity index (χ1v) is 9.46. The van der Waals surface area contributed by atoms with Gasteiger partial charge in [-0.2, -0.15) is 0 Å². The lowest BCUT2D eigenvalue weighted by Crippen LogP contribution is -2.38. The minimum atomic E-state index is -0.262. The molecular formula is C22H27FN2O3. The number of halogens is 1. The van der Waals surface area contributed by atoms with Crippen LogP contribution in [0.1, 0.15) is 30.0 Å². The molecule has 3 rings (SSSR count). The van der Waals surface area contributed by atoms with Gasteiger partial charge in [-0.3, -0.25) is 9.69 Å². The second kappa shape index (κ2) is 9.06. The molecule has 0 aromatic heterocycles. The molecule has 5 nitrogen and oxygen atoms in total. The first-order chi connectivity index (χ1) is 13.5. The summed E-state index contributed by atoms with van der Waals surface area (Å²) in [6.45, 7) is 1.52. The van der Waals surface area contributed by atoms with Crippen LogP contribution in [0.2, 0.25) is 0 Å². The Morgan fingerprint density at radius 3 is 2.75 bits per heavy atom. The SMILES string of the molecule is COc1ccc(OC)c(C2CCCN2C(=O)CN(C)Cc2cccc(F)c2)c1. The zero-order chi connectivity index (χ0) is 20.1. The molecule has 0 saturated carbocycles. The van der Waals surface area contributed by atoms with Crippen molar-refractivity contribution >= 4 is 5.91 Å². The fraction of sp³-hybridized carbons (Fsp3) is 0.409. The zero-order valence-corrected chi connectivity index (χ0v) is 16.7. The Morgan fingerprint density at radius 1 is 1.21 bits per heavy atom. The maximum Gasteiger partial charge on any atom is 0.237 e. The summed E-state index contributed by atoms with van der Waals surface area (Å²) in [4.78, 5) is 16.8. The molecule has 1 saturated heterocycles. The van der Waals surface area contributed by atoms with Crippen LogP contribution in [0.4, 0.5) is 4.39 Å². The van der Waals surface area contributed by atoms with E-state index in [1.165, 1.54) is 12.1 Å². The van der Waals surface area contributed by atoms with Crippen LogP contribution in [0.5, 0.6) is 11.5 Å². The first kappa shape index (κ1) is 20.1. The summed E-state index contributed by atoms with van der Waals surface area (Å²) in [6, 6.07) is 12.1. The van der Waals surface area contributed by atoms with E-state index in [9.17, 15) is 9.18 Å². The number of methoxy groups -OCH3 is 2. The van der Waals surface area contributed by atoms with Gasteiger partial charge in [-0.25, -0.2) is 4.39 Å². The lowest BCUT2D eigenvalue weighted by Gasteiger charge is -2.28. The van der Waals surface area contributed by atoms with Gasteiger partial charge in [0.15, 0.2) is 0 Å². The van der Waals surface area contributed by atoms with E-state index in [0.717, 1.165) is 42.0 Å². The highest BCUT2D eigenvalue weighted by Crippen LogP contribution is 2.38. The number of carbonyl (C=O) groups excluding carboxylic acids is 1. The molecule has 6 heteroatoms. The Bertz CT molecular complexity index is 827. The number of benzene rings is 2. The van der Waals surface area contributed by atoms with Crippen LogP contribution < -0.4 is 9.47 Å². The number of likely N-dealkylation sites (tertiary alicyclic amines) is 1. The number of ether oxygens (including phenoxy) is 2. The number of likely N-dealkylation sites (N-methyl/N-ethyl adjacent to an activating group) is 1. The van der Waals surface area contributed by atoms with Gasteiger partial charge < -0.3 is 14.4 Å². The molecule has 0 N–H and O–H groups in total. The van der Waals surface area contributed by atoms with Gasteiger partial charge in [0.05, 0.1) is 26.8 Å². The third-order valence-corrected chi connectivity index (χ3v) is 5.12. The van der Waals surface area contributed by atoms with Gasteiger partial charge in [-0.15, -0.1) is 0 Å². The fourth-order valence-electron chi connectivity index (χ4n) is 3.81. The van der Waals surface area contributed by atoms with Crippen molar-refractivity contribution in [3.63, 3.8) is 0 Å². The highest BCUT2D eigenvalue weighted by molar-refractivity contribution is 5.79. The summed E-state index contributed by atoms with van der Waals surface area (Å²) in [7, 11) is 5.14. The predicted octanol–water partition coefficient (Wildman–Crippen LogP) is 3.64. The minimum absolute atomic E-state index is 0.0277. The molecule has 1 aliphatic rings. The molecule has 1 atom stereocenters. The van der Waals surface area contributed by atoms with E-state index in [1.54, 1.807) is 20.3 Å². The van der Waals surface area contributed by atoms with Crippen LogP contribution in [0.25, 0.3) is 0 Å². The second-order valence-electron chi connectivity index (χ2n) is 7.16. The van der Waals surface area contributed by atoms with Crippen molar-refractivity contribution in [3.8, 4) is 11.5 Å². The topological polar surface area (TPSA) is 42.0 Å². The van der Waals surface area contributed by atoms with E-state index in [0.29, 0.717) is 6.54 Å². The fourth-order valence-corrected chi connectivity index (χ4v) is 3.81. The van der Waals surface area contributed by atoms with Gasteiger partial charge in [0.2, 0.25) is 5.91 Å². The van der Waals surface area contributed by atoms with Crippen molar-refractivity contribution < 1.29 is 18.7 Å². The molecule has 150 valence electrons. The number of amides is 1. The largest absolute Gasteiger partial charge is 0.497 e. The van der Waals surface area contributed by atoms with Crippen LogP contribution >= 0.6 is 0 Å². The molecular weight excluding hydrogens is 359 g/mol. The van der Waals surface area contributed by atoms with E-state index >= 15 is 0 Å². The van der Waals surface area contributed by atoms with Crippen molar-refractivity contribution in [3.05, 3.63) is 59.4 Å². The van der Waals surface area contributed by atoms with Crippen molar-refractivity contribution in [1.29, 1.82) is 0 Å². The molecule has 2 aromatic rings. The molecule has 1 fully saturated rings. The molecule has 0 aliphatic carbocycles. The Morgan fingerprint density at radius 2 is 2.04 bits per heavy atom. The highest BCUT2D eigenvalue weighted by atomic mass is 19.1. The Balaban J connectivity index is 1.71. The highest BCUT2D eigenvalue weighted by Gasteiger charge is 2.32. The third-order valence-electron chi connectivity index (χ3n) is 5.12. The van der Waals surface area contributed by atoms with Crippen LogP contribution in [-0.2, 0) is 11.3 Å². The second-order valence-corrected chi connectivity index (χ2v) is 7.16. The average molecular weight is 386 g/mol. The van der Waals surface area contributed by atoms with Gasteiger partial charge in [0, 0.05) is 18.7 Å². The van der Waals surface area contributed by atoms with Gasteiger partial charge in [-0.05, 0) is 55.8 Å². The predicted molar refractivity (Wildman–Crippen MR) is 106 cm³/mol. The summed E-state index contributed by atoms with van der Waals surface area (Å²) in [5.74, 6) is 1.31. The molecule has 28 heavy (non-hydrogen) atoms. The van der Waals surface area contributed by atoms with Gasteiger partial charge in [-0.1, -0.05) is 12.1 Å². The molecule has 1 unspecified atom stereocenters. The number of rotatable bonds is 7. The van der Waals surface area contributed by atoms with Gasteiger partial charge in [0.25, 0.3) is 0 Å². The molecule has 0 radical (unpaired) electrons. The molecule has 1 heterocycles. The molecule has 2 aromatic carbocycles. The summed E-state index contributed by atoms with van der Waals surface area (Å²) in [6.07, 6.45) is 1.84. The minimum Gasteiger partial charge on any atom is -0.497 e. The van der Waals surface area contributed by atoms with Crippen LogP contribution in [0.3, 0.4) is 0 Å². The summed E-state index contributed by atoms with van der Waals surface area (Å²) in [5, 5.41) is 0. The third kappa shape index (κ3) is 4.62. The summed E-state index contributed by atoms with van der Waals surface area (Å²) >= 11 is 0. The van der Waals surface area contributed by atoms with Crippen molar-refractivity contribution in [1.82, 2.24) is 9.80 Å². The van der Waals surface area contributed by atoms with Crippen molar-refractivity contribution in [2.24, 2.45) is 0 Å². The Labute approximate surface area is 165 Å². The lowest BCUT2D eigenvalue weighted by atomic mass is 10.0. The van der Waals surface area contributed by atoms with E-state index in [2.05, 4.69) is 0 Å². The number of hydrogen-bond donors (Lipinski definition) is 0. The quantitative estimate of drug-likeness (QED) is 0.729. The van der Waals surface area contributed by atoms with Crippen LogP contribution in [0, 0.1) is 5.82 Å². The van der Waals surface area contributed by atoms with Crippen LogP contribution in [0.15, 0.2) is 42.5 Å². The van der Waals surface area contributed by atoms with E-state index in [1.807, 2.05) is 41.1 Å². The maximum absolute atomic E-state index is 13.4. The summed E-state index contributed by atoms with van der Waals surface area (Å²) in [5.41, 5.74) is 1.82. The normalized spacial score (nSPS) is 16.5. The van der Waals surface area contributed by atoms with E-state index in [4.69, 9.17) is 9.47 Å². The monoisotopic (exact) mass is 386 g/mol. The van der Waals surface area contributed by atoms with Crippen molar-refractivity contribution in [2.45, 2.75) is 25.4 Å². The average Bonchev–Trinajstić information content (AvgIpc) is 3.17. The Kier molecular flexibility index (Phi) is 6.52. The summed E-state index contributed by atoms with van der Waals surface area (Å²) < 4.78 is 24.3. The van der Waals surface area contributed by atoms with E-state index in [-0.39, 0.29) is 24.3 Å². The van der Waals surface area contributed by atoms with Gasteiger partial charge in [0.1, 0.15) is 17.3 Å². The van der Waals surface area contributed by atoms with Gasteiger partial charge >= 0.3 is 0 Å². The Hall–Kier alpha value is -2.60. The molecule has 0 spiro atoms. The van der Waals surface area contributed by atoms with Crippen molar-refractivity contribution in [2.75, 3.05) is 34.4 Å². The number of hydrogen-bond acceptors (Lipinski definition) is 4. The molecule has 0 bridgehead atoms. The first-order valence-electron chi connectivity index (χ1n) is 9.46. The number of nitrogens with zero attached hydrogens (tertiary/aromatic N) is 2. The maximum atomic E-state index is 13.4. The molecule has 1 amide bonds. The lowest BCUT2D eigenvalue weighted by molar-refractivity contribution is -0.133. The standard InChI is InChI=1S/C22H27FN2O3/c1-24(14-16-6-4-7-17(23)12-16)15-22(26)25-11-5-8-20(25)19-13-18(27-2)9-10-21(19)28-3/h4,6-7,9-10,12-13,20H,5,8,11,14-15H2,1-3H3. The zero-order valence-electron chi connectivity index (χ0n) is 16.7. The number of carbonyl (C=O) groups is 1. The van der Waals surface area contributed by atoms with E-state index < -0.39 is 0 Å². The molecule has 1 aliphatic heterocycles. The van der Waals surface area contributed by atoms with Crippen LogP contribution in [-0.4, -0.2) is 50.1 Å².